The van der Waals surface area contributed by atoms with E-state index in [0.717, 1.165) is 40.6 Å². The lowest BCUT2D eigenvalue weighted by molar-refractivity contribution is -0.138. The number of ether oxygens (including phenoxy) is 4. The molecule has 0 heterocycles. The van der Waals surface area contributed by atoms with Crippen LogP contribution < -0.4 is 0 Å². The molecule has 0 N–H and O–H groups in total. The van der Waals surface area contributed by atoms with E-state index in [-0.39, 0.29) is 23.9 Å². The summed E-state index contributed by atoms with van der Waals surface area (Å²) in [6.07, 6.45) is 2.34. The van der Waals surface area contributed by atoms with E-state index in [2.05, 4.69) is 44.9 Å². The van der Waals surface area contributed by atoms with Gasteiger partial charge in [-0.3, -0.25) is 0 Å². The number of esters is 4. The van der Waals surface area contributed by atoms with E-state index < -0.39 is 0 Å². The van der Waals surface area contributed by atoms with Crippen LogP contribution in [0.1, 0.15) is 41.5 Å². The first-order valence-electron chi connectivity index (χ1n) is 12.5. The van der Waals surface area contributed by atoms with Crippen LogP contribution in [0.25, 0.3) is 0 Å². The third-order valence-electron chi connectivity index (χ3n) is 3.34. The van der Waals surface area contributed by atoms with Crippen LogP contribution in [-0.4, -0.2) is 83.5 Å². The average Bonchev–Trinajstić information content (AvgIpc) is 2.94. The lowest BCUT2D eigenvalue weighted by atomic mass is 10.4. The van der Waals surface area contributed by atoms with Crippen LogP contribution in [0.3, 0.4) is 0 Å². The normalized spacial score (nSPS) is 8.95. The van der Waals surface area contributed by atoms with Gasteiger partial charge in [-0.15, -0.1) is 23.5 Å². The van der Waals surface area contributed by atoms with Gasteiger partial charge >= 0.3 is 23.9 Å². The van der Waals surface area contributed by atoms with Crippen LogP contribution in [0.15, 0.2) is 49.6 Å². The molecule has 0 unspecified atom stereocenters. The minimum Gasteiger partial charge on any atom is -0.462 e. The average molecular weight is 641 g/mol. The number of thioether (sulfide) groups is 4. The van der Waals surface area contributed by atoms with E-state index in [1.165, 1.54) is 6.08 Å². The highest BCUT2D eigenvalue weighted by Crippen LogP contribution is 2.01. The maximum Gasteiger partial charge on any atom is 0.333 e. The summed E-state index contributed by atoms with van der Waals surface area (Å²) in [4.78, 5) is 42.2. The fourth-order valence-corrected chi connectivity index (χ4v) is 3.11. The maximum absolute atomic E-state index is 10.8. The monoisotopic (exact) mass is 640 g/mol. The quantitative estimate of drug-likeness (QED) is 0.0532. The van der Waals surface area contributed by atoms with Crippen molar-refractivity contribution in [3.63, 3.8) is 0 Å². The number of carbonyl (C=O) groups is 4. The minimum absolute atomic E-state index is 0.290. The predicted molar refractivity (Wildman–Crippen MR) is 176 cm³/mol. The van der Waals surface area contributed by atoms with Gasteiger partial charge in [-0.1, -0.05) is 54.0 Å². The highest BCUT2D eigenvalue weighted by molar-refractivity contribution is 7.99. The second kappa shape index (κ2) is 37.2. The molecule has 0 saturated heterocycles. The Morgan fingerprint density at radius 3 is 1.30 bits per heavy atom. The Kier molecular flexibility index (Phi) is 42.1. The number of hydrogen-bond acceptors (Lipinski definition) is 12. The van der Waals surface area contributed by atoms with E-state index in [0.29, 0.717) is 36.2 Å². The van der Waals surface area contributed by atoms with E-state index in [9.17, 15) is 19.2 Å². The Morgan fingerprint density at radius 1 is 0.575 bits per heavy atom. The first-order valence-corrected chi connectivity index (χ1v) is 17.1. The second-order valence-corrected chi connectivity index (χ2v) is 12.0. The Balaban J connectivity index is -0.000000217. The summed E-state index contributed by atoms with van der Waals surface area (Å²) in [5.74, 6) is 5.37. The summed E-state index contributed by atoms with van der Waals surface area (Å²) in [5, 5.41) is 0. The summed E-state index contributed by atoms with van der Waals surface area (Å²) in [6, 6.07) is 0. The zero-order valence-corrected chi connectivity index (χ0v) is 28.2. The van der Waals surface area contributed by atoms with Gasteiger partial charge in [0.2, 0.25) is 0 Å². The minimum atomic E-state index is -0.351. The van der Waals surface area contributed by atoms with Crippen molar-refractivity contribution in [3.05, 3.63) is 49.6 Å². The van der Waals surface area contributed by atoms with Gasteiger partial charge in [-0.25, -0.2) is 19.2 Å². The SMILES string of the molecule is C=C(C)C(=O)OCCSCC.C=C(C)C(=O)OCSCC.C=CC(=O)OCCSCC.C=CC(=O)OCSCC. The third-order valence-corrected chi connectivity index (χ3v) is 6.45. The summed E-state index contributed by atoms with van der Waals surface area (Å²) in [5.41, 5.74) is 0.920. The van der Waals surface area contributed by atoms with Gasteiger partial charge in [0.25, 0.3) is 0 Å². The second-order valence-electron chi connectivity index (χ2n) is 6.78. The number of rotatable bonds is 18. The van der Waals surface area contributed by atoms with Crippen molar-refractivity contribution in [2.24, 2.45) is 0 Å². The standard InChI is InChI=1S/C8H14O2S.2C7H12O2S.C6H10O2S/c1-4-11-6-5-10-8(9)7(2)3;1-4-10-5-9-7(8)6(2)3;1-3-7(8)9-5-6-10-4-2;1-3-6(7)8-5-9-4-2/h2,4-6H2,1,3H3;2,4-5H2,1,3H3;3H,1,4-6H2,2H3;3H,1,4-5H2,2H3. The summed E-state index contributed by atoms with van der Waals surface area (Å²) < 4.78 is 19.0. The fourth-order valence-electron chi connectivity index (χ4n) is 1.41. The Hall–Kier alpha value is -1.76. The highest BCUT2D eigenvalue weighted by Gasteiger charge is 2.01. The molecule has 8 nitrogen and oxygen atoms in total. The molecule has 0 amide bonds. The van der Waals surface area contributed by atoms with Crippen molar-refractivity contribution in [1.29, 1.82) is 0 Å². The van der Waals surface area contributed by atoms with Crippen molar-refractivity contribution < 1.29 is 38.1 Å². The first-order chi connectivity index (χ1) is 19.0. The molecule has 0 aliphatic rings. The van der Waals surface area contributed by atoms with Crippen molar-refractivity contribution in [2.45, 2.75) is 41.5 Å². The van der Waals surface area contributed by atoms with Gasteiger partial charge in [0.1, 0.15) is 25.1 Å². The molecule has 0 spiro atoms. The molecule has 0 aromatic rings. The van der Waals surface area contributed by atoms with Crippen LogP contribution >= 0.6 is 47.0 Å². The zero-order chi connectivity index (χ0) is 31.6. The zero-order valence-electron chi connectivity index (χ0n) is 25.0. The molecule has 0 aromatic heterocycles. The van der Waals surface area contributed by atoms with Crippen LogP contribution in [0.2, 0.25) is 0 Å². The molecule has 0 atom stereocenters. The lowest BCUT2D eigenvalue weighted by Crippen LogP contribution is -2.07. The molecule has 40 heavy (non-hydrogen) atoms. The summed E-state index contributed by atoms with van der Waals surface area (Å²) in [6.45, 7) is 25.9. The Morgan fingerprint density at radius 2 is 0.925 bits per heavy atom. The molecule has 0 aromatic carbocycles. The molecule has 0 radical (unpaired) electrons. The van der Waals surface area contributed by atoms with Crippen molar-refractivity contribution in [2.75, 3.05) is 59.6 Å². The van der Waals surface area contributed by atoms with E-state index in [1.54, 1.807) is 60.9 Å². The Labute approximate surface area is 258 Å². The Bertz CT molecular complexity index is 725. The largest absolute Gasteiger partial charge is 0.462 e. The van der Waals surface area contributed by atoms with Gasteiger partial charge in [-0.05, 0) is 36.9 Å². The lowest BCUT2D eigenvalue weighted by Gasteiger charge is -2.02. The van der Waals surface area contributed by atoms with Gasteiger partial charge in [-0.2, -0.15) is 23.5 Å². The van der Waals surface area contributed by atoms with E-state index in [1.807, 2.05) is 13.8 Å². The fraction of sp³-hybridized carbons (Fsp3) is 0.571. The number of hydrogen-bond donors (Lipinski definition) is 0. The van der Waals surface area contributed by atoms with Crippen LogP contribution in [-0.2, 0) is 38.1 Å². The molecule has 0 bridgehead atoms. The van der Waals surface area contributed by atoms with Crippen LogP contribution in [0, 0.1) is 0 Å². The molecule has 0 aliphatic heterocycles. The topological polar surface area (TPSA) is 105 Å². The van der Waals surface area contributed by atoms with E-state index in [4.69, 9.17) is 14.2 Å². The van der Waals surface area contributed by atoms with E-state index >= 15 is 0 Å². The molecular weight excluding hydrogens is 593 g/mol. The first kappa shape index (κ1) is 45.2. The molecule has 0 aliphatic carbocycles. The summed E-state index contributed by atoms with van der Waals surface area (Å²) >= 11 is 6.63. The van der Waals surface area contributed by atoms with Crippen molar-refractivity contribution in [1.82, 2.24) is 0 Å². The molecule has 0 saturated carbocycles. The summed E-state index contributed by atoms with van der Waals surface area (Å²) in [7, 11) is 0. The molecule has 0 fully saturated rings. The van der Waals surface area contributed by atoms with Gasteiger partial charge in [0.05, 0.1) is 0 Å². The van der Waals surface area contributed by atoms with Gasteiger partial charge in [0.15, 0.2) is 0 Å². The third kappa shape index (κ3) is 43.3. The van der Waals surface area contributed by atoms with Gasteiger partial charge in [0, 0.05) is 34.8 Å². The smallest absolute Gasteiger partial charge is 0.333 e. The molecular formula is C28H48O8S4. The maximum atomic E-state index is 10.8. The molecule has 232 valence electrons. The highest BCUT2D eigenvalue weighted by atomic mass is 32.2. The van der Waals surface area contributed by atoms with Crippen LogP contribution in [0.4, 0.5) is 0 Å². The van der Waals surface area contributed by atoms with Crippen molar-refractivity contribution in [3.8, 4) is 0 Å². The number of carbonyl (C=O) groups excluding carboxylic acids is 4. The predicted octanol–water partition coefficient (Wildman–Crippen LogP) is 6.57. The molecule has 12 heteroatoms. The van der Waals surface area contributed by atoms with Gasteiger partial charge < -0.3 is 18.9 Å². The molecule has 0 rings (SSSR count). The van der Waals surface area contributed by atoms with Crippen molar-refractivity contribution >= 4 is 70.9 Å². The van der Waals surface area contributed by atoms with Crippen LogP contribution in [0.5, 0.6) is 0 Å².